The Morgan fingerprint density at radius 3 is 3.00 bits per heavy atom. The predicted molar refractivity (Wildman–Crippen MR) is 53.5 cm³/mol. The summed E-state index contributed by atoms with van der Waals surface area (Å²) in [6.07, 6.45) is 3.21. The molecule has 0 radical (unpaired) electrons. The lowest BCUT2D eigenvalue weighted by molar-refractivity contribution is 0.0606. The number of nitrogens with zero attached hydrogens (tertiary/aromatic N) is 4. The second-order valence-corrected chi connectivity index (χ2v) is 3.83. The van der Waals surface area contributed by atoms with E-state index < -0.39 is 0 Å². The Balaban J connectivity index is 2.31. The van der Waals surface area contributed by atoms with Crippen LogP contribution in [0.5, 0.6) is 0 Å². The van der Waals surface area contributed by atoms with Gasteiger partial charge in [0, 0.05) is 7.05 Å². The molecule has 0 spiro atoms. The number of hydrogen-bond donors (Lipinski definition) is 0. The topological polar surface area (TPSA) is 69.9 Å². The first kappa shape index (κ1) is 9.78. The maximum Gasteiger partial charge on any atom is 0.349 e. The van der Waals surface area contributed by atoms with Crippen LogP contribution in [0.2, 0.25) is 0 Å². The van der Waals surface area contributed by atoms with Gasteiger partial charge in [-0.1, -0.05) is 5.21 Å². The molecular formula is C8H8N4O2S. The third-order valence-corrected chi connectivity index (χ3v) is 2.71. The largest absolute Gasteiger partial charge is 0.465 e. The molecule has 0 N–H and O–H groups in total. The van der Waals surface area contributed by atoms with Gasteiger partial charge in [0.15, 0.2) is 0 Å². The van der Waals surface area contributed by atoms with E-state index in [4.69, 9.17) is 0 Å². The van der Waals surface area contributed by atoms with Crippen LogP contribution < -0.4 is 0 Å². The molecule has 0 aliphatic rings. The van der Waals surface area contributed by atoms with E-state index in [1.165, 1.54) is 24.6 Å². The van der Waals surface area contributed by atoms with Crippen LogP contribution in [0.25, 0.3) is 10.7 Å². The molecule has 0 saturated carbocycles. The van der Waals surface area contributed by atoms with Crippen LogP contribution >= 0.6 is 11.3 Å². The minimum absolute atomic E-state index is 0.386. The summed E-state index contributed by atoms with van der Waals surface area (Å²) >= 11 is 1.23. The minimum atomic E-state index is -0.386. The summed E-state index contributed by atoms with van der Waals surface area (Å²) in [6.45, 7) is 0. The highest BCUT2D eigenvalue weighted by Crippen LogP contribution is 2.23. The van der Waals surface area contributed by atoms with Gasteiger partial charge < -0.3 is 4.74 Å². The molecule has 0 bridgehead atoms. The van der Waals surface area contributed by atoms with E-state index >= 15 is 0 Å². The number of aryl methyl sites for hydroxylation is 1. The third-order valence-electron chi connectivity index (χ3n) is 1.71. The molecule has 78 valence electrons. The van der Waals surface area contributed by atoms with Crippen molar-refractivity contribution < 1.29 is 9.53 Å². The summed E-state index contributed by atoms with van der Waals surface area (Å²) in [6, 6.07) is 0. The number of carbonyl (C=O) groups excluding carboxylic acids is 1. The zero-order valence-electron chi connectivity index (χ0n) is 8.17. The molecule has 0 saturated heterocycles. The van der Waals surface area contributed by atoms with Crippen molar-refractivity contribution in [3.05, 3.63) is 17.3 Å². The summed E-state index contributed by atoms with van der Waals surface area (Å²) in [7, 11) is 3.11. The molecule has 6 nitrogen and oxygen atoms in total. The highest BCUT2D eigenvalue weighted by Gasteiger charge is 2.13. The Morgan fingerprint density at radius 2 is 2.40 bits per heavy atom. The van der Waals surface area contributed by atoms with Crippen molar-refractivity contribution in [2.45, 2.75) is 0 Å². The molecule has 2 heterocycles. The van der Waals surface area contributed by atoms with Crippen LogP contribution in [0.4, 0.5) is 0 Å². The number of rotatable bonds is 2. The molecule has 2 aromatic rings. The van der Waals surface area contributed by atoms with Gasteiger partial charge in [0.25, 0.3) is 0 Å². The van der Waals surface area contributed by atoms with E-state index in [1.54, 1.807) is 17.9 Å². The molecule has 0 aromatic carbocycles. The number of aromatic nitrogens is 4. The van der Waals surface area contributed by atoms with Crippen molar-refractivity contribution in [1.29, 1.82) is 0 Å². The minimum Gasteiger partial charge on any atom is -0.465 e. The molecule has 2 aromatic heterocycles. The maximum atomic E-state index is 11.2. The molecule has 0 unspecified atom stereocenters. The number of esters is 1. The number of methoxy groups -OCH3 is 1. The number of hydrogen-bond acceptors (Lipinski definition) is 6. The summed E-state index contributed by atoms with van der Waals surface area (Å²) in [5.41, 5.74) is 0.651. The fraction of sp³-hybridized carbons (Fsp3) is 0.250. The number of ether oxygens (including phenoxy) is 1. The van der Waals surface area contributed by atoms with Crippen LogP contribution in [0.15, 0.2) is 12.4 Å². The second kappa shape index (κ2) is 3.77. The average molecular weight is 224 g/mol. The van der Waals surface area contributed by atoms with Crippen molar-refractivity contribution >= 4 is 17.3 Å². The molecule has 0 fully saturated rings. The first-order valence-electron chi connectivity index (χ1n) is 4.11. The Bertz CT molecular complexity index is 490. The summed E-state index contributed by atoms with van der Waals surface area (Å²) in [5.74, 6) is -0.386. The number of carbonyl (C=O) groups is 1. The highest BCUT2D eigenvalue weighted by atomic mass is 32.1. The Morgan fingerprint density at radius 1 is 1.60 bits per heavy atom. The Hall–Kier alpha value is -1.76. The van der Waals surface area contributed by atoms with Gasteiger partial charge in [-0.3, -0.25) is 4.68 Å². The van der Waals surface area contributed by atoms with E-state index in [0.29, 0.717) is 15.6 Å². The standard InChI is InChI=1S/C8H8N4O2S/c1-12-4-5(10-11-12)7-9-3-6(15-7)8(13)14-2/h3-4H,1-2H3. The van der Waals surface area contributed by atoms with Crippen molar-refractivity contribution in [2.24, 2.45) is 7.05 Å². The molecule has 15 heavy (non-hydrogen) atoms. The van der Waals surface area contributed by atoms with Gasteiger partial charge >= 0.3 is 5.97 Å². The summed E-state index contributed by atoms with van der Waals surface area (Å²) in [5, 5.41) is 8.33. The molecule has 0 aliphatic heterocycles. The normalized spacial score (nSPS) is 10.3. The SMILES string of the molecule is COC(=O)c1cnc(-c2cn(C)nn2)s1. The average Bonchev–Trinajstić information content (AvgIpc) is 2.84. The first-order chi connectivity index (χ1) is 7.20. The molecule has 0 aliphatic carbocycles. The van der Waals surface area contributed by atoms with E-state index in [-0.39, 0.29) is 5.97 Å². The van der Waals surface area contributed by atoms with Gasteiger partial charge in [0.1, 0.15) is 15.6 Å². The quantitative estimate of drug-likeness (QED) is 0.703. The molecule has 0 amide bonds. The fourth-order valence-electron chi connectivity index (χ4n) is 1.03. The zero-order valence-corrected chi connectivity index (χ0v) is 8.98. The molecular weight excluding hydrogens is 216 g/mol. The van der Waals surface area contributed by atoms with E-state index in [0.717, 1.165) is 0 Å². The lowest BCUT2D eigenvalue weighted by Gasteiger charge is -1.90. The van der Waals surface area contributed by atoms with Crippen molar-refractivity contribution in [1.82, 2.24) is 20.0 Å². The van der Waals surface area contributed by atoms with E-state index in [1.807, 2.05) is 0 Å². The summed E-state index contributed by atoms with van der Waals surface area (Å²) in [4.78, 5) is 15.7. The van der Waals surface area contributed by atoms with Gasteiger partial charge in [0.2, 0.25) is 0 Å². The van der Waals surface area contributed by atoms with Gasteiger partial charge in [-0.05, 0) is 0 Å². The van der Waals surface area contributed by atoms with Crippen molar-refractivity contribution in [3.8, 4) is 10.7 Å². The van der Waals surface area contributed by atoms with Crippen LogP contribution in [0.3, 0.4) is 0 Å². The van der Waals surface area contributed by atoms with E-state index in [9.17, 15) is 4.79 Å². The lowest BCUT2D eigenvalue weighted by Crippen LogP contribution is -1.96. The van der Waals surface area contributed by atoms with Gasteiger partial charge in [0.05, 0.1) is 19.5 Å². The summed E-state index contributed by atoms with van der Waals surface area (Å²) < 4.78 is 6.16. The molecule has 7 heteroatoms. The molecule has 2 rings (SSSR count). The lowest BCUT2D eigenvalue weighted by atomic mass is 10.5. The van der Waals surface area contributed by atoms with Gasteiger partial charge in [-0.2, -0.15) is 0 Å². The maximum absolute atomic E-state index is 11.2. The second-order valence-electron chi connectivity index (χ2n) is 2.80. The van der Waals surface area contributed by atoms with E-state index in [2.05, 4.69) is 20.0 Å². The van der Waals surface area contributed by atoms with Crippen LogP contribution in [0.1, 0.15) is 9.67 Å². The Kier molecular flexibility index (Phi) is 2.46. The smallest absolute Gasteiger partial charge is 0.349 e. The van der Waals surface area contributed by atoms with Crippen LogP contribution in [-0.4, -0.2) is 33.1 Å². The van der Waals surface area contributed by atoms with Crippen molar-refractivity contribution in [3.63, 3.8) is 0 Å². The number of thiazole rings is 1. The monoisotopic (exact) mass is 224 g/mol. The first-order valence-corrected chi connectivity index (χ1v) is 4.93. The predicted octanol–water partition coefficient (Wildman–Crippen LogP) is 0.725. The Labute approximate surface area is 89.5 Å². The fourth-order valence-corrected chi connectivity index (χ4v) is 1.82. The van der Waals surface area contributed by atoms with Crippen molar-refractivity contribution in [2.75, 3.05) is 7.11 Å². The third kappa shape index (κ3) is 1.86. The highest BCUT2D eigenvalue weighted by molar-refractivity contribution is 7.16. The van der Waals surface area contributed by atoms with Crippen LogP contribution in [0, 0.1) is 0 Å². The zero-order chi connectivity index (χ0) is 10.8. The molecule has 0 atom stereocenters. The van der Waals surface area contributed by atoms with Gasteiger partial charge in [-0.25, -0.2) is 9.78 Å². The van der Waals surface area contributed by atoms with Crippen LogP contribution in [-0.2, 0) is 11.8 Å². The van der Waals surface area contributed by atoms with Gasteiger partial charge in [-0.15, -0.1) is 16.4 Å².